The molecule has 0 saturated carbocycles. The molecule has 0 bridgehead atoms. The van der Waals surface area contributed by atoms with E-state index in [0.717, 1.165) is 36.8 Å². The molecule has 1 aliphatic rings. The molecule has 7 nitrogen and oxygen atoms in total. The van der Waals surface area contributed by atoms with E-state index in [-0.39, 0.29) is 20.3 Å². The smallest absolute Gasteiger partial charge is 0.300 e. The highest BCUT2D eigenvalue weighted by Crippen LogP contribution is 2.37. The minimum Gasteiger partial charge on any atom is -0.313 e. The van der Waals surface area contributed by atoms with Crippen molar-refractivity contribution in [3.05, 3.63) is 20.5 Å². The molecule has 21 heavy (non-hydrogen) atoms. The van der Waals surface area contributed by atoms with Crippen molar-refractivity contribution in [1.82, 2.24) is 9.62 Å². The second-order valence-electron chi connectivity index (χ2n) is 4.73. The summed E-state index contributed by atoms with van der Waals surface area (Å²) in [5.41, 5.74) is -0.365. The molecule has 0 amide bonds. The second-order valence-corrected chi connectivity index (χ2v) is 8.55. The molecule has 118 valence electrons. The first-order chi connectivity index (χ1) is 9.86. The minimum atomic E-state index is -3.75. The average Bonchev–Trinajstić information content (AvgIpc) is 3.04. The van der Waals surface area contributed by atoms with Crippen molar-refractivity contribution in [1.29, 1.82) is 0 Å². The lowest BCUT2D eigenvalue weighted by molar-refractivity contribution is -0.384. The van der Waals surface area contributed by atoms with Crippen molar-refractivity contribution >= 4 is 38.6 Å². The Labute approximate surface area is 132 Å². The molecule has 0 radical (unpaired) electrons. The topological polar surface area (TPSA) is 92.6 Å². The summed E-state index contributed by atoms with van der Waals surface area (Å²) < 4.78 is 26.3. The Kier molecular flexibility index (Phi) is 5.20. The van der Waals surface area contributed by atoms with Crippen LogP contribution in [-0.2, 0) is 10.0 Å². The number of rotatable bonds is 6. The summed E-state index contributed by atoms with van der Waals surface area (Å²) in [6, 6.07) is 1.16. The Balaban J connectivity index is 2.25. The predicted octanol–water partition coefficient (Wildman–Crippen LogP) is 2.07. The lowest BCUT2D eigenvalue weighted by atomic mass is 10.2. The zero-order chi connectivity index (χ0) is 15.6. The molecule has 1 fully saturated rings. The van der Waals surface area contributed by atoms with Gasteiger partial charge in [-0.25, -0.2) is 8.42 Å². The number of nitro groups is 1. The van der Waals surface area contributed by atoms with Gasteiger partial charge in [0.15, 0.2) is 4.34 Å². The summed E-state index contributed by atoms with van der Waals surface area (Å²) in [5.74, 6) is 0. The van der Waals surface area contributed by atoms with Crippen LogP contribution in [0.5, 0.6) is 0 Å². The summed E-state index contributed by atoms with van der Waals surface area (Å²) in [6.45, 7) is 3.31. The van der Waals surface area contributed by atoms with Crippen LogP contribution in [0.3, 0.4) is 0 Å². The van der Waals surface area contributed by atoms with Gasteiger partial charge in [0, 0.05) is 25.2 Å². The van der Waals surface area contributed by atoms with Gasteiger partial charge >= 0.3 is 0 Å². The summed E-state index contributed by atoms with van der Waals surface area (Å²) in [4.78, 5) is 10.1. The van der Waals surface area contributed by atoms with Crippen LogP contribution in [0, 0.1) is 10.1 Å². The Hall–Kier alpha value is -0.740. The van der Waals surface area contributed by atoms with E-state index in [1.165, 1.54) is 4.31 Å². The van der Waals surface area contributed by atoms with Crippen LogP contribution in [0.1, 0.15) is 19.8 Å². The standard InChI is InChI=1S/C11H16ClN3O4S2/c1-2-14(7-8-4-3-5-13-8)21(18,19)10-6-9(15(16)17)11(12)20-10/h6,8,13H,2-5,7H2,1H3. The zero-order valence-corrected chi connectivity index (χ0v) is 13.8. The van der Waals surface area contributed by atoms with E-state index < -0.39 is 14.9 Å². The van der Waals surface area contributed by atoms with Crippen LogP contribution < -0.4 is 5.32 Å². The van der Waals surface area contributed by atoms with Gasteiger partial charge in [0.05, 0.1) is 4.92 Å². The van der Waals surface area contributed by atoms with E-state index >= 15 is 0 Å². The Morgan fingerprint density at radius 2 is 2.33 bits per heavy atom. The van der Waals surface area contributed by atoms with Crippen LogP contribution in [0.25, 0.3) is 0 Å². The molecule has 0 aliphatic carbocycles. The van der Waals surface area contributed by atoms with Crippen LogP contribution in [0.2, 0.25) is 4.34 Å². The number of hydrogen-bond donors (Lipinski definition) is 1. The largest absolute Gasteiger partial charge is 0.313 e. The second kappa shape index (κ2) is 6.57. The molecule has 1 aliphatic heterocycles. The number of halogens is 1. The summed E-state index contributed by atoms with van der Waals surface area (Å²) in [7, 11) is -3.75. The van der Waals surface area contributed by atoms with Gasteiger partial charge in [-0.15, -0.1) is 11.3 Å². The molecule has 10 heteroatoms. The molecule has 1 aromatic rings. The van der Waals surface area contributed by atoms with E-state index in [1.54, 1.807) is 6.92 Å². The van der Waals surface area contributed by atoms with Crippen LogP contribution in [-0.4, -0.2) is 43.3 Å². The van der Waals surface area contributed by atoms with Gasteiger partial charge in [-0.05, 0) is 19.4 Å². The minimum absolute atomic E-state index is 0.0842. The number of nitrogens with zero attached hydrogens (tertiary/aromatic N) is 2. The number of nitrogens with one attached hydrogen (secondary N) is 1. The van der Waals surface area contributed by atoms with Crippen LogP contribution in [0.4, 0.5) is 5.69 Å². The molecule has 0 aromatic carbocycles. The van der Waals surface area contributed by atoms with Gasteiger partial charge in [-0.3, -0.25) is 10.1 Å². The highest BCUT2D eigenvalue weighted by Gasteiger charge is 2.31. The van der Waals surface area contributed by atoms with E-state index in [9.17, 15) is 18.5 Å². The van der Waals surface area contributed by atoms with E-state index in [1.807, 2.05) is 0 Å². The molecule has 1 unspecified atom stereocenters. The van der Waals surface area contributed by atoms with E-state index in [4.69, 9.17) is 11.6 Å². The van der Waals surface area contributed by atoms with E-state index in [0.29, 0.717) is 13.1 Å². The number of hydrogen-bond acceptors (Lipinski definition) is 6. The zero-order valence-electron chi connectivity index (χ0n) is 11.4. The molecular weight excluding hydrogens is 338 g/mol. The van der Waals surface area contributed by atoms with Crippen molar-refractivity contribution in [2.45, 2.75) is 30.0 Å². The number of sulfonamides is 1. The maximum Gasteiger partial charge on any atom is 0.300 e. The van der Waals surface area contributed by atoms with Gasteiger partial charge < -0.3 is 5.32 Å². The van der Waals surface area contributed by atoms with Gasteiger partial charge in [0.25, 0.3) is 15.7 Å². The van der Waals surface area contributed by atoms with Crippen molar-refractivity contribution in [2.75, 3.05) is 19.6 Å². The average molecular weight is 354 g/mol. The third kappa shape index (κ3) is 3.54. The molecule has 2 rings (SSSR count). The highest BCUT2D eigenvalue weighted by molar-refractivity contribution is 7.91. The van der Waals surface area contributed by atoms with Crippen LogP contribution >= 0.6 is 22.9 Å². The summed E-state index contributed by atoms with van der Waals surface area (Å²) in [5, 5.41) is 14.0. The molecule has 2 heterocycles. The summed E-state index contributed by atoms with van der Waals surface area (Å²) >= 11 is 6.47. The maximum atomic E-state index is 12.6. The van der Waals surface area contributed by atoms with E-state index in [2.05, 4.69) is 5.32 Å². The highest BCUT2D eigenvalue weighted by atomic mass is 35.5. The number of thiophene rings is 1. The first-order valence-electron chi connectivity index (χ1n) is 6.53. The normalized spacial score (nSPS) is 19.3. The molecule has 1 atom stereocenters. The number of likely N-dealkylation sites (N-methyl/N-ethyl adjacent to an activating group) is 1. The van der Waals surface area contributed by atoms with Crippen molar-refractivity contribution in [2.24, 2.45) is 0 Å². The van der Waals surface area contributed by atoms with Crippen molar-refractivity contribution in [3.8, 4) is 0 Å². The van der Waals surface area contributed by atoms with Gasteiger partial charge in [-0.1, -0.05) is 18.5 Å². The molecular formula is C11H16ClN3O4S2. The fourth-order valence-corrected chi connectivity index (χ4v) is 5.59. The SMILES string of the molecule is CCN(CC1CCCN1)S(=O)(=O)c1cc([N+](=O)[O-])c(Cl)s1. The first kappa shape index (κ1) is 16.6. The predicted molar refractivity (Wildman–Crippen MR) is 81.4 cm³/mol. The fraction of sp³-hybridized carbons (Fsp3) is 0.636. The van der Waals surface area contributed by atoms with Gasteiger partial charge in [0.1, 0.15) is 4.21 Å². The maximum absolute atomic E-state index is 12.6. The first-order valence-corrected chi connectivity index (χ1v) is 9.17. The Morgan fingerprint density at radius 1 is 1.62 bits per heavy atom. The fourth-order valence-electron chi connectivity index (χ4n) is 2.27. The summed E-state index contributed by atoms with van der Waals surface area (Å²) in [6.07, 6.45) is 1.95. The Morgan fingerprint density at radius 3 is 2.81 bits per heavy atom. The Bertz CT molecular complexity index is 625. The third-order valence-electron chi connectivity index (χ3n) is 3.38. The van der Waals surface area contributed by atoms with Crippen molar-refractivity contribution < 1.29 is 13.3 Å². The van der Waals surface area contributed by atoms with Gasteiger partial charge in [0.2, 0.25) is 0 Å². The molecule has 1 saturated heterocycles. The quantitative estimate of drug-likeness (QED) is 0.624. The lowest BCUT2D eigenvalue weighted by Gasteiger charge is -2.22. The molecule has 1 N–H and O–H groups in total. The van der Waals surface area contributed by atoms with Gasteiger partial charge in [-0.2, -0.15) is 4.31 Å². The third-order valence-corrected chi connectivity index (χ3v) is 7.10. The monoisotopic (exact) mass is 353 g/mol. The van der Waals surface area contributed by atoms with Crippen molar-refractivity contribution in [3.63, 3.8) is 0 Å². The molecule has 1 aromatic heterocycles. The van der Waals surface area contributed by atoms with Crippen LogP contribution in [0.15, 0.2) is 10.3 Å². The lowest BCUT2D eigenvalue weighted by Crippen LogP contribution is -2.40. The molecule has 0 spiro atoms.